The second-order valence-corrected chi connectivity index (χ2v) is 9.07. The molecule has 0 spiro atoms. The Bertz CT molecular complexity index is 1560. The molecule has 1 aliphatic rings. The van der Waals surface area contributed by atoms with Crippen molar-refractivity contribution in [1.29, 1.82) is 0 Å². The van der Waals surface area contributed by atoms with Crippen LogP contribution in [0.15, 0.2) is 24.3 Å². The number of carbonyl (C=O) groups is 2. The van der Waals surface area contributed by atoms with Gasteiger partial charge in [0.05, 0.1) is 51.8 Å². The number of alkyl halides is 1. The molecule has 2 aromatic carbocycles. The van der Waals surface area contributed by atoms with Gasteiger partial charge in [-0.15, -0.1) is 11.6 Å². The zero-order valence-electron chi connectivity index (χ0n) is 21.7. The number of hydrogen-bond acceptors (Lipinski definition) is 7. The number of anilines is 1. The lowest BCUT2D eigenvalue weighted by Crippen LogP contribution is -2.30. The van der Waals surface area contributed by atoms with E-state index in [-0.39, 0.29) is 17.7 Å². The fraction of sp³-hybridized carbons (Fsp3) is 0.333. The molecule has 0 saturated carbocycles. The number of methoxy groups -OCH3 is 4. The largest absolute Gasteiger partial charge is 0.493 e. The molecule has 0 unspecified atom stereocenters. The van der Waals surface area contributed by atoms with Crippen LogP contribution in [0.5, 0.6) is 23.0 Å². The maximum Gasteiger partial charge on any atom is 0.354 e. The highest BCUT2D eigenvalue weighted by Crippen LogP contribution is 2.47. The number of amides is 1. The molecule has 38 heavy (non-hydrogen) atoms. The number of nitrogens with zero attached hydrogens (tertiary/aromatic N) is 1. The summed E-state index contributed by atoms with van der Waals surface area (Å²) < 4.78 is 27.3. The Kier molecular flexibility index (Phi) is 6.75. The Morgan fingerprint density at radius 3 is 2.32 bits per heavy atom. The number of nitrogens with one attached hydrogen (secondary N) is 2. The second kappa shape index (κ2) is 10.0. The number of fused-ring (bicyclic) bond motifs is 4. The molecule has 1 aliphatic heterocycles. The summed E-state index contributed by atoms with van der Waals surface area (Å²) in [5, 5.41) is 1.50. The normalized spacial score (nSPS) is 14.6. The first-order valence-electron chi connectivity index (χ1n) is 12.0. The van der Waals surface area contributed by atoms with Gasteiger partial charge < -0.3 is 38.6 Å². The van der Waals surface area contributed by atoms with Crippen molar-refractivity contribution >= 4 is 51.0 Å². The van der Waals surface area contributed by atoms with E-state index in [0.717, 1.165) is 16.3 Å². The monoisotopic (exact) mass is 541 g/mol. The highest BCUT2D eigenvalue weighted by molar-refractivity contribution is 6.19. The molecule has 1 amide bonds. The van der Waals surface area contributed by atoms with Crippen molar-refractivity contribution in [2.45, 2.75) is 12.8 Å². The summed E-state index contributed by atoms with van der Waals surface area (Å²) in [6.45, 7) is 2.63. The third kappa shape index (κ3) is 3.87. The smallest absolute Gasteiger partial charge is 0.354 e. The Labute approximate surface area is 223 Å². The van der Waals surface area contributed by atoms with Gasteiger partial charge in [0.15, 0.2) is 11.5 Å². The molecule has 3 heterocycles. The van der Waals surface area contributed by atoms with Crippen LogP contribution in [0.2, 0.25) is 0 Å². The van der Waals surface area contributed by atoms with Crippen LogP contribution in [0.3, 0.4) is 0 Å². The Morgan fingerprint density at radius 1 is 0.947 bits per heavy atom. The molecular formula is C27H28ClN3O7. The van der Waals surface area contributed by atoms with Crippen molar-refractivity contribution in [3.05, 3.63) is 41.2 Å². The Morgan fingerprint density at radius 2 is 1.68 bits per heavy atom. The van der Waals surface area contributed by atoms with Crippen LogP contribution in [-0.4, -0.2) is 69.3 Å². The summed E-state index contributed by atoms with van der Waals surface area (Å²) >= 11 is 6.40. The summed E-state index contributed by atoms with van der Waals surface area (Å²) in [7, 11) is 5.92. The van der Waals surface area contributed by atoms with Crippen molar-refractivity contribution < 1.29 is 33.3 Å². The molecule has 0 radical (unpaired) electrons. The van der Waals surface area contributed by atoms with Crippen LogP contribution in [0.25, 0.3) is 21.8 Å². The van der Waals surface area contributed by atoms with E-state index >= 15 is 0 Å². The van der Waals surface area contributed by atoms with Crippen LogP contribution >= 0.6 is 11.6 Å². The zero-order valence-corrected chi connectivity index (χ0v) is 22.4. The van der Waals surface area contributed by atoms with Gasteiger partial charge in [-0.1, -0.05) is 0 Å². The van der Waals surface area contributed by atoms with Gasteiger partial charge in [-0.25, -0.2) is 4.79 Å². The fourth-order valence-corrected chi connectivity index (χ4v) is 5.40. The first kappa shape index (κ1) is 25.6. The van der Waals surface area contributed by atoms with Gasteiger partial charge in [-0.2, -0.15) is 0 Å². The van der Waals surface area contributed by atoms with Gasteiger partial charge in [0.1, 0.15) is 17.1 Å². The second-order valence-electron chi connectivity index (χ2n) is 8.76. The molecule has 0 bridgehead atoms. The summed E-state index contributed by atoms with van der Waals surface area (Å²) in [5.41, 5.74) is 3.46. The van der Waals surface area contributed by atoms with Crippen LogP contribution < -0.4 is 23.8 Å². The summed E-state index contributed by atoms with van der Waals surface area (Å²) in [6.07, 6.45) is 0. The van der Waals surface area contributed by atoms with Crippen LogP contribution in [0, 0.1) is 0 Å². The Hall–Kier alpha value is -4.05. The van der Waals surface area contributed by atoms with Gasteiger partial charge in [0, 0.05) is 35.2 Å². The molecule has 0 fully saturated rings. The van der Waals surface area contributed by atoms with Crippen molar-refractivity contribution in [2.24, 2.45) is 0 Å². The van der Waals surface area contributed by atoms with Gasteiger partial charge in [0.25, 0.3) is 5.91 Å². The van der Waals surface area contributed by atoms with E-state index in [0.29, 0.717) is 64.3 Å². The molecule has 200 valence electrons. The number of benzene rings is 2. The predicted octanol–water partition coefficient (Wildman–Crippen LogP) is 4.84. The predicted molar refractivity (Wildman–Crippen MR) is 144 cm³/mol. The molecule has 0 saturated heterocycles. The van der Waals surface area contributed by atoms with E-state index < -0.39 is 5.97 Å². The quantitative estimate of drug-likeness (QED) is 0.242. The number of carbonyl (C=O) groups excluding carboxylic acids is 2. The number of ether oxygens (including phenoxy) is 5. The zero-order chi connectivity index (χ0) is 27.1. The number of aromatic nitrogens is 2. The lowest BCUT2D eigenvalue weighted by atomic mass is 9.98. The van der Waals surface area contributed by atoms with Gasteiger partial charge >= 0.3 is 5.97 Å². The third-order valence-electron chi connectivity index (χ3n) is 6.79. The average Bonchev–Trinajstić information content (AvgIpc) is 3.66. The lowest BCUT2D eigenvalue weighted by molar-refractivity contribution is 0.0595. The maximum absolute atomic E-state index is 13.9. The topological polar surface area (TPSA) is 115 Å². The standard InChI is InChI=1S/C27H28ClN3O7/c1-6-38-19-10-18-21(15-9-17(27(33)37-5)30-23(15)19)14(11-28)12-31(18)26(32)16-7-13-8-20(34-2)24(35-3)25(36-4)22(13)29-16/h7-10,14,29-30H,6,11-12H2,1-5H3/t14-/m1/s1. The molecule has 0 aliphatic carbocycles. The molecular weight excluding hydrogens is 514 g/mol. The van der Waals surface area contributed by atoms with E-state index in [2.05, 4.69) is 9.97 Å². The van der Waals surface area contributed by atoms with E-state index in [9.17, 15) is 9.59 Å². The van der Waals surface area contributed by atoms with E-state index in [1.165, 1.54) is 21.3 Å². The van der Waals surface area contributed by atoms with E-state index in [4.69, 9.17) is 35.3 Å². The number of H-pyrrole nitrogens is 2. The van der Waals surface area contributed by atoms with E-state index in [1.54, 1.807) is 30.2 Å². The molecule has 4 aromatic rings. The molecule has 10 nitrogen and oxygen atoms in total. The first-order valence-corrected chi connectivity index (χ1v) is 12.5. The lowest BCUT2D eigenvalue weighted by Gasteiger charge is -2.18. The minimum absolute atomic E-state index is 0.158. The van der Waals surface area contributed by atoms with Crippen LogP contribution in [-0.2, 0) is 4.74 Å². The minimum Gasteiger partial charge on any atom is -0.493 e. The van der Waals surface area contributed by atoms with Crippen molar-refractivity contribution in [2.75, 3.05) is 52.4 Å². The van der Waals surface area contributed by atoms with Gasteiger partial charge in [0.2, 0.25) is 5.75 Å². The fourth-order valence-electron chi connectivity index (χ4n) is 5.15. The number of hydrogen-bond donors (Lipinski definition) is 2. The van der Waals surface area contributed by atoms with Gasteiger partial charge in [-0.05, 0) is 30.7 Å². The van der Waals surface area contributed by atoms with E-state index in [1.807, 2.05) is 13.0 Å². The molecule has 2 N–H and O–H groups in total. The number of aromatic amines is 2. The van der Waals surface area contributed by atoms with Crippen LogP contribution in [0.4, 0.5) is 5.69 Å². The Balaban J connectivity index is 1.65. The molecule has 5 rings (SSSR count). The SMILES string of the molecule is CCOc1cc2c(c3cc(C(=O)OC)[nH]c13)[C@H](CCl)CN2C(=O)c1cc2cc(OC)c(OC)c(OC)c2[nH]1. The summed E-state index contributed by atoms with van der Waals surface area (Å²) in [4.78, 5) is 34.2. The average molecular weight is 542 g/mol. The molecule has 11 heteroatoms. The summed E-state index contributed by atoms with van der Waals surface area (Å²) in [5.74, 6) is 1.25. The maximum atomic E-state index is 13.9. The highest BCUT2D eigenvalue weighted by Gasteiger charge is 2.37. The van der Waals surface area contributed by atoms with Crippen molar-refractivity contribution in [3.63, 3.8) is 0 Å². The number of esters is 1. The van der Waals surface area contributed by atoms with Crippen LogP contribution in [0.1, 0.15) is 39.4 Å². The summed E-state index contributed by atoms with van der Waals surface area (Å²) in [6, 6.07) is 7.08. The van der Waals surface area contributed by atoms with Gasteiger partial charge in [-0.3, -0.25) is 4.79 Å². The van der Waals surface area contributed by atoms with Crippen molar-refractivity contribution in [1.82, 2.24) is 9.97 Å². The molecule has 1 atom stereocenters. The number of halogens is 1. The molecule has 2 aromatic heterocycles. The van der Waals surface area contributed by atoms with Crippen molar-refractivity contribution in [3.8, 4) is 23.0 Å². The highest BCUT2D eigenvalue weighted by atomic mass is 35.5. The third-order valence-corrected chi connectivity index (χ3v) is 7.16. The minimum atomic E-state index is -0.497. The number of rotatable bonds is 8. The first-order chi connectivity index (χ1) is 18.4.